The molecule has 78 valence electrons. The Hall–Kier alpha value is -1.33. The lowest BCUT2D eigenvalue weighted by atomic mass is 10.2. The maximum atomic E-state index is 8.99. The van der Waals surface area contributed by atoms with Gasteiger partial charge in [0, 0.05) is 12.1 Å². The number of hydrogen-bond acceptors (Lipinski definition) is 5. The highest BCUT2D eigenvalue weighted by Gasteiger charge is 2.12. The van der Waals surface area contributed by atoms with Crippen LogP contribution in [0.5, 0.6) is 0 Å². The van der Waals surface area contributed by atoms with Gasteiger partial charge in [-0.15, -0.1) is 10.2 Å². The SMILES string of the molecule is CC(CO)c1nnc(-c2ccccn2)s1. The number of hydrogen-bond donors (Lipinski definition) is 1. The molecule has 5 heteroatoms. The zero-order valence-electron chi connectivity index (χ0n) is 8.29. The molecule has 0 bridgehead atoms. The Morgan fingerprint density at radius 1 is 1.40 bits per heavy atom. The second kappa shape index (κ2) is 4.46. The van der Waals surface area contributed by atoms with E-state index in [0.29, 0.717) is 0 Å². The van der Waals surface area contributed by atoms with E-state index in [1.165, 1.54) is 11.3 Å². The van der Waals surface area contributed by atoms with E-state index in [9.17, 15) is 0 Å². The van der Waals surface area contributed by atoms with E-state index in [1.54, 1.807) is 6.20 Å². The van der Waals surface area contributed by atoms with Crippen LogP contribution >= 0.6 is 11.3 Å². The second-order valence-corrected chi connectivity index (χ2v) is 4.25. The Balaban J connectivity index is 2.28. The summed E-state index contributed by atoms with van der Waals surface area (Å²) in [5, 5.41) is 18.7. The summed E-state index contributed by atoms with van der Waals surface area (Å²) < 4.78 is 0. The topological polar surface area (TPSA) is 58.9 Å². The van der Waals surface area contributed by atoms with Gasteiger partial charge in [-0.1, -0.05) is 24.3 Å². The highest BCUT2D eigenvalue weighted by atomic mass is 32.1. The Morgan fingerprint density at radius 3 is 2.93 bits per heavy atom. The minimum Gasteiger partial charge on any atom is -0.396 e. The first kappa shape index (κ1) is 10.2. The Morgan fingerprint density at radius 2 is 2.27 bits per heavy atom. The third kappa shape index (κ3) is 2.19. The average Bonchev–Trinajstić information content (AvgIpc) is 2.78. The minimum absolute atomic E-state index is 0.0416. The summed E-state index contributed by atoms with van der Waals surface area (Å²) in [7, 11) is 0. The van der Waals surface area contributed by atoms with E-state index in [0.717, 1.165) is 15.7 Å². The summed E-state index contributed by atoms with van der Waals surface area (Å²) in [5.74, 6) is 0.0416. The predicted molar refractivity (Wildman–Crippen MR) is 58.6 cm³/mol. The monoisotopic (exact) mass is 221 g/mol. The highest BCUT2D eigenvalue weighted by Crippen LogP contribution is 2.25. The zero-order valence-corrected chi connectivity index (χ0v) is 9.11. The molecule has 0 saturated heterocycles. The van der Waals surface area contributed by atoms with E-state index >= 15 is 0 Å². The van der Waals surface area contributed by atoms with Crippen molar-refractivity contribution in [2.45, 2.75) is 12.8 Å². The number of aliphatic hydroxyl groups excluding tert-OH is 1. The molecule has 0 aliphatic carbocycles. The Labute approximate surface area is 91.6 Å². The molecule has 0 aliphatic heterocycles. The number of nitrogens with zero attached hydrogens (tertiary/aromatic N) is 3. The third-order valence-corrected chi connectivity index (χ3v) is 3.20. The van der Waals surface area contributed by atoms with Crippen LogP contribution in [0.3, 0.4) is 0 Å². The number of aliphatic hydroxyl groups is 1. The van der Waals surface area contributed by atoms with Gasteiger partial charge >= 0.3 is 0 Å². The first-order valence-corrected chi connectivity index (χ1v) is 5.48. The molecular weight excluding hydrogens is 210 g/mol. The van der Waals surface area contributed by atoms with Gasteiger partial charge in [-0.25, -0.2) is 0 Å². The van der Waals surface area contributed by atoms with Crippen LogP contribution in [0, 0.1) is 0 Å². The van der Waals surface area contributed by atoms with Crippen LogP contribution in [-0.4, -0.2) is 26.9 Å². The van der Waals surface area contributed by atoms with Crippen LogP contribution in [0.4, 0.5) is 0 Å². The maximum absolute atomic E-state index is 8.99. The summed E-state index contributed by atoms with van der Waals surface area (Å²) in [6.07, 6.45) is 1.73. The van der Waals surface area contributed by atoms with Crippen molar-refractivity contribution in [3.8, 4) is 10.7 Å². The largest absolute Gasteiger partial charge is 0.396 e. The summed E-state index contributed by atoms with van der Waals surface area (Å²) in [5.41, 5.74) is 0.825. The summed E-state index contributed by atoms with van der Waals surface area (Å²) in [6, 6.07) is 5.68. The van der Waals surface area contributed by atoms with Gasteiger partial charge in [-0.05, 0) is 12.1 Å². The van der Waals surface area contributed by atoms with Crippen molar-refractivity contribution in [2.75, 3.05) is 6.61 Å². The van der Waals surface area contributed by atoms with Crippen molar-refractivity contribution in [2.24, 2.45) is 0 Å². The fourth-order valence-corrected chi connectivity index (χ4v) is 1.97. The van der Waals surface area contributed by atoms with Gasteiger partial charge < -0.3 is 5.11 Å². The smallest absolute Gasteiger partial charge is 0.166 e. The summed E-state index contributed by atoms with van der Waals surface area (Å²) in [6.45, 7) is 2.01. The number of rotatable bonds is 3. The molecule has 4 nitrogen and oxygen atoms in total. The Kier molecular flexibility index (Phi) is 3.03. The lowest BCUT2D eigenvalue weighted by molar-refractivity contribution is 0.272. The van der Waals surface area contributed by atoms with Gasteiger partial charge in [0.15, 0.2) is 5.01 Å². The zero-order chi connectivity index (χ0) is 10.7. The van der Waals surface area contributed by atoms with Crippen LogP contribution in [0.2, 0.25) is 0 Å². The van der Waals surface area contributed by atoms with Crippen LogP contribution in [0.1, 0.15) is 17.8 Å². The van der Waals surface area contributed by atoms with Gasteiger partial charge in [-0.3, -0.25) is 4.98 Å². The summed E-state index contributed by atoms with van der Waals surface area (Å²) in [4.78, 5) is 4.19. The van der Waals surface area contributed by atoms with Crippen molar-refractivity contribution in [1.29, 1.82) is 0 Å². The molecule has 0 radical (unpaired) electrons. The van der Waals surface area contributed by atoms with Gasteiger partial charge in [0.25, 0.3) is 0 Å². The summed E-state index contributed by atoms with van der Waals surface area (Å²) >= 11 is 1.47. The van der Waals surface area contributed by atoms with Gasteiger partial charge in [0.1, 0.15) is 10.7 Å². The molecular formula is C10H11N3OS. The van der Waals surface area contributed by atoms with Crippen LogP contribution in [-0.2, 0) is 0 Å². The molecule has 2 rings (SSSR count). The molecule has 0 spiro atoms. The maximum Gasteiger partial charge on any atom is 0.166 e. The molecule has 1 N–H and O–H groups in total. The molecule has 15 heavy (non-hydrogen) atoms. The molecule has 2 heterocycles. The van der Waals surface area contributed by atoms with Gasteiger partial charge in [-0.2, -0.15) is 0 Å². The fourth-order valence-electron chi connectivity index (χ4n) is 1.10. The number of pyridine rings is 1. The first-order chi connectivity index (χ1) is 7.31. The number of aromatic nitrogens is 3. The highest BCUT2D eigenvalue weighted by molar-refractivity contribution is 7.14. The predicted octanol–water partition coefficient (Wildman–Crippen LogP) is 1.70. The van der Waals surface area contributed by atoms with Crippen molar-refractivity contribution in [3.63, 3.8) is 0 Å². The van der Waals surface area contributed by atoms with Crippen LogP contribution in [0.15, 0.2) is 24.4 Å². The van der Waals surface area contributed by atoms with Crippen LogP contribution in [0.25, 0.3) is 10.7 Å². The lowest BCUT2D eigenvalue weighted by Crippen LogP contribution is -1.97. The lowest BCUT2D eigenvalue weighted by Gasteiger charge is -1.99. The molecule has 1 unspecified atom stereocenters. The van der Waals surface area contributed by atoms with Crippen molar-refractivity contribution in [1.82, 2.24) is 15.2 Å². The van der Waals surface area contributed by atoms with E-state index in [2.05, 4.69) is 15.2 Å². The third-order valence-electron chi connectivity index (χ3n) is 2.02. The second-order valence-electron chi connectivity index (χ2n) is 3.24. The van der Waals surface area contributed by atoms with E-state index < -0.39 is 0 Å². The standard InChI is InChI=1S/C10H11N3OS/c1-7(6-14)9-12-13-10(15-9)8-4-2-3-5-11-8/h2-5,7,14H,6H2,1H3. The molecule has 2 aromatic rings. The molecule has 0 amide bonds. The van der Waals surface area contributed by atoms with Crippen molar-refractivity contribution >= 4 is 11.3 Å². The minimum atomic E-state index is 0.0416. The quantitative estimate of drug-likeness (QED) is 0.857. The molecule has 0 aromatic carbocycles. The Bertz CT molecular complexity index is 429. The van der Waals surface area contributed by atoms with Crippen molar-refractivity contribution in [3.05, 3.63) is 29.4 Å². The van der Waals surface area contributed by atoms with Gasteiger partial charge in [0.05, 0.1) is 6.61 Å². The fraction of sp³-hybridized carbons (Fsp3) is 0.300. The normalized spacial score (nSPS) is 12.7. The van der Waals surface area contributed by atoms with Crippen LogP contribution < -0.4 is 0 Å². The van der Waals surface area contributed by atoms with Crippen molar-refractivity contribution < 1.29 is 5.11 Å². The van der Waals surface area contributed by atoms with E-state index in [4.69, 9.17) is 5.11 Å². The first-order valence-electron chi connectivity index (χ1n) is 4.67. The molecule has 0 fully saturated rings. The van der Waals surface area contributed by atoms with E-state index in [1.807, 2.05) is 25.1 Å². The molecule has 0 aliphatic rings. The van der Waals surface area contributed by atoms with E-state index in [-0.39, 0.29) is 12.5 Å². The average molecular weight is 221 g/mol. The molecule has 2 aromatic heterocycles. The van der Waals surface area contributed by atoms with Gasteiger partial charge in [0.2, 0.25) is 0 Å². The molecule has 0 saturated carbocycles. The molecule has 1 atom stereocenters.